The van der Waals surface area contributed by atoms with Crippen molar-refractivity contribution in [2.45, 2.75) is 119 Å². The highest BCUT2D eigenvalue weighted by Gasteiger charge is 2.61. The smallest absolute Gasteiger partial charge is 0.377 e. The van der Waals surface area contributed by atoms with Gasteiger partial charge in [0.25, 0.3) is 20.0 Å². The molecule has 0 heterocycles. The lowest BCUT2D eigenvalue weighted by Gasteiger charge is -2.32. The van der Waals surface area contributed by atoms with E-state index < -0.39 is 39.7 Å². The van der Waals surface area contributed by atoms with E-state index in [4.69, 9.17) is 8.74 Å². The normalized spacial score (nSPS) is 21.6. The second-order valence-corrected chi connectivity index (χ2v) is 17.0. The van der Waals surface area contributed by atoms with Gasteiger partial charge in [-0.05, 0) is 73.0 Å². The van der Waals surface area contributed by atoms with Crippen LogP contribution in [-0.2, 0) is 30.1 Å². The molecular weight excluding hydrogens is 574 g/mol. The predicted octanol–water partition coefficient (Wildman–Crippen LogP) is 6.35. The third kappa shape index (κ3) is 6.95. The zero-order chi connectivity index (χ0) is 28.5. The van der Waals surface area contributed by atoms with Crippen molar-refractivity contribution in [1.29, 1.82) is 0 Å². The summed E-state index contributed by atoms with van der Waals surface area (Å²) >= 11 is 0. The van der Waals surface area contributed by atoms with Crippen LogP contribution in [-0.4, -0.2) is 39.5 Å². The summed E-state index contributed by atoms with van der Waals surface area (Å²) < 4.78 is 111. The fraction of sp³-hybridized carbons (Fsp3) is 0.769. The predicted molar refractivity (Wildman–Crippen MR) is 144 cm³/mol. The van der Waals surface area contributed by atoms with Gasteiger partial charge in [0, 0.05) is 0 Å². The lowest BCUT2D eigenvalue weighted by Crippen LogP contribution is -2.43. The lowest BCUT2D eigenvalue weighted by molar-refractivity contribution is 0.168. The van der Waals surface area contributed by atoms with Crippen molar-refractivity contribution in [2.24, 2.45) is 0 Å². The van der Waals surface area contributed by atoms with Crippen LogP contribution in [0.25, 0.3) is 0 Å². The molecule has 1 aromatic carbocycles. The standard InChI is InChI=1S/C26H38F2O8S3/c27-26(28,37(29,30)18-38(31,32)33)39(34,35)36-25-23(20-12-6-2-7-13-20)16-22(19-10-4-1-5-11-19)17-24(25)21-14-8-3-9-15-21/h16-17,19-21H,1-15,18H2,(H,31,32,33). The molecule has 0 unspecified atom stereocenters. The number of halogens is 2. The molecule has 4 rings (SSSR count). The number of benzene rings is 1. The molecule has 0 bridgehead atoms. The van der Waals surface area contributed by atoms with E-state index in [9.17, 15) is 25.3 Å². The molecule has 0 atom stereocenters. The van der Waals surface area contributed by atoms with Crippen molar-refractivity contribution < 1.29 is 42.8 Å². The molecule has 1 N–H and O–H groups in total. The first-order valence-electron chi connectivity index (χ1n) is 13.9. The fourth-order valence-electron chi connectivity index (χ4n) is 6.48. The summed E-state index contributed by atoms with van der Waals surface area (Å²) in [5.41, 5.74) is 2.08. The molecule has 1 aromatic rings. The highest BCUT2D eigenvalue weighted by molar-refractivity contribution is 8.13. The molecule has 0 aromatic heterocycles. The maximum absolute atomic E-state index is 15.0. The van der Waals surface area contributed by atoms with E-state index in [1.54, 1.807) is 0 Å². The Labute approximate surface area is 230 Å². The van der Waals surface area contributed by atoms with Gasteiger partial charge >= 0.3 is 14.7 Å². The Morgan fingerprint density at radius 3 is 1.46 bits per heavy atom. The largest absolute Gasteiger partial charge is 0.482 e. The molecule has 13 heteroatoms. The van der Waals surface area contributed by atoms with E-state index in [2.05, 4.69) is 0 Å². The van der Waals surface area contributed by atoms with Crippen molar-refractivity contribution in [2.75, 3.05) is 5.08 Å². The van der Waals surface area contributed by atoms with Crippen molar-refractivity contribution in [1.82, 2.24) is 0 Å². The summed E-state index contributed by atoms with van der Waals surface area (Å²) in [4.78, 5) is 0. The maximum Gasteiger partial charge on any atom is 0.482 e. The third-order valence-electron chi connectivity index (χ3n) is 8.49. The minimum atomic E-state index is -6.20. The van der Waals surface area contributed by atoms with E-state index in [0.717, 1.165) is 102 Å². The molecule has 8 nitrogen and oxygen atoms in total. The van der Waals surface area contributed by atoms with E-state index in [1.165, 1.54) is 0 Å². The molecule has 0 spiro atoms. The van der Waals surface area contributed by atoms with Crippen LogP contribution in [0.3, 0.4) is 0 Å². The van der Waals surface area contributed by atoms with Crippen LogP contribution in [0.15, 0.2) is 12.1 Å². The molecule has 39 heavy (non-hydrogen) atoms. The monoisotopic (exact) mass is 612 g/mol. The highest BCUT2D eigenvalue weighted by atomic mass is 32.3. The van der Waals surface area contributed by atoms with Crippen LogP contribution in [0.5, 0.6) is 5.75 Å². The molecular formula is C26H38F2O8S3. The minimum Gasteiger partial charge on any atom is -0.377 e. The zero-order valence-corrected chi connectivity index (χ0v) is 24.4. The Hall–Kier alpha value is -1.31. The van der Waals surface area contributed by atoms with Gasteiger partial charge < -0.3 is 4.18 Å². The van der Waals surface area contributed by atoms with Gasteiger partial charge in [0.05, 0.1) is 0 Å². The average molecular weight is 613 g/mol. The number of hydrogen-bond donors (Lipinski definition) is 1. The Bertz CT molecular complexity index is 1300. The fourth-order valence-corrected chi connectivity index (χ4v) is 10.9. The maximum atomic E-state index is 15.0. The van der Waals surface area contributed by atoms with E-state index in [-0.39, 0.29) is 23.5 Å². The Morgan fingerprint density at radius 2 is 1.08 bits per heavy atom. The summed E-state index contributed by atoms with van der Waals surface area (Å²) in [5, 5.41) is -2.44. The van der Waals surface area contributed by atoms with Crippen molar-refractivity contribution in [3.05, 3.63) is 28.8 Å². The summed E-state index contributed by atoms with van der Waals surface area (Å²) in [6.07, 6.45) is 13.8. The van der Waals surface area contributed by atoms with Gasteiger partial charge in [-0.15, -0.1) is 0 Å². The van der Waals surface area contributed by atoms with Gasteiger partial charge in [0.15, 0.2) is 5.08 Å². The molecule has 0 amide bonds. The van der Waals surface area contributed by atoms with Crippen molar-refractivity contribution in [3.8, 4) is 5.75 Å². The third-order valence-corrected chi connectivity index (χ3v) is 14.0. The van der Waals surface area contributed by atoms with Crippen LogP contribution in [0, 0.1) is 0 Å². The molecule has 222 valence electrons. The molecule has 3 aliphatic rings. The zero-order valence-electron chi connectivity index (χ0n) is 22.0. The quantitative estimate of drug-likeness (QED) is 0.252. The molecule has 0 radical (unpaired) electrons. The Morgan fingerprint density at radius 1 is 0.692 bits per heavy atom. The molecule has 3 fully saturated rings. The van der Waals surface area contributed by atoms with E-state index >= 15 is 8.78 Å². The van der Waals surface area contributed by atoms with Crippen molar-refractivity contribution >= 4 is 30.1 Å². The van der Waals surface area contributed by atoms with E-state index in [0.29, 0.717) is 11.1 Å². The number of hydrogen-bond acceptors (Lipinski definition) is 7. The Kier molecular flexibility index (Phi) is 9.34. The summed E-state index contributed by atoms with van der Waals surface area (Å²) in [6, 6.07) is 3.77. The first-order chi connectivity index (χ1) is 18.2. The molecule has 3 aliphatic carbocycles. The van der Waals surface area contributed by atoms with Crippen molar-refractivity contribution in [3.63, 3.8) is 0 Å². The second kappa shape index (κ2) is 11.9. The van der Waals surface area contributed by atoms with Crippen LogP contribution in [0.4, 0.5) is 8.78 Å². The minimum absolute atomic E-state index is 0.127. The van der Waals surface area contributed by atoms with Crippen LogP contribution in [0.1, 0.15) is 131 Å². The lowest BCUT2D eigenvalue weighted by atomic mass is 9.75. The summed E-state index contributed by atoms with van der Waals surface area (Å²) in [7, 11) is -17.8. The topological polar surface area (TPSA) is 132 Å². The van der Waals surface area contributed by atoms with E-state index in [1.807, 2.05) is 12.1 Å². The number of rotatable bonds is 9. The van der Waals surface area contributed by atoms with Gasteiger partial charge in [0.1, 0.15) is 5.75 Å². The second-order valence-electron chi connectivity index (χ2n) is 11.3. The SMILES string of the molecule is O=S(=O)(O)CS(=O)(=O)C(F)(F)S(=O)(=O)Oc1c(C2CCCCC2)cc(C2CCCCC2)cc1C1CCCCC1. The van der Waals surface area contributed by atoms with Gasteiger partial charge in [-0.25, -0.2) is 8.42 Å². The van der Waals surface area contributed by atoms with Gasteiger partial charge in [-0.3, -0.25) is 4.55 Å². The first-order valence-corrected chi connectivity index (χ1v) is 18.6. The number of sulfone groups is 1. The Balaban J connectivity index is 1.85. The molecule has 0 saturated heterocycles. The van der Waals surface area contributed by atoms with Crippen LogP contribution in [0.2, 0.25) is 0 Å². The van der Waals surface area contributed by atoms with Gasteiger partial charge in [-0.2, -0.15) is 25.6 Å². The number of alkyl halides is 2. The molecule has 0 aliphatic heterocycles. The van der Waals surface area contributed by atoms with Crippen LogP contribution >= 0.6 is 0 Å². The first kappa shape index (κ1) is 30.6. The summed E-state index contributed by atoms with van der Waals surface area (Å²) in [6.45, 7) is 0. The highest BCUT2D eigenvalue weighted by Crippen LogP contribution is 2.48. The molecule has 3 saturated carbocycles. The summed E-state index contributed by atoms with van der Waals surface area (Å²) in [5.74, 6) is -0.212. The van der Waals surface area contributed by atoms with Crippen LogP contribution < -0.4 is 4.18 Å². The average Bonchev–Trinajstić information content (AvgIpc) is 2.88. The van der Waals surface area contributed by atoms with Gasteiger partial charge in [-0.1, -0.05) is 69.9 Å². The van der Waals surface area contributed by atoms with Gasteiger partial charge in [0.2, 0.25) is 0 Å².